The summed E-state index contributed by atoms with van der Waals surface area (Å²) in [7, 11) is 1.15. The summed E-state index contributed by atoms with van der Waals surface area (Å²) in [5.74, 6) is 0.205. The van der Waals surface area contributed by atoms with Crippen LogP contribution in [-0.2, 0) is 6.18 Å². The van der Waals surface area contributed by atoms with Gasteiger partial charge in [-0.2, -0.15) is 13.2 Å². The van der Waals surface area contributed by atoms with Crippen LogP contribution >= 0.6 is 0 Å². The van der Waals surface area contributed by atoms with Gasteiger partial charge in [0.05, 0.1) is 24.4 Å². The number of urea groups is 1. The molecule has 1 atom stereocenters. The third kappa shape index (κ3) is 6.41. The number of rotatable bonds is 9. The molecule has 0 radical (unpaired) electrons. The van der Waals surface area contributed by atoms with Crippen LogP contribution in [0.5, 0.6) is 5.75 Å². The number of nitrogens with two attached hydrogens (primary N) is 1. The summed E-state index contributed by atoms with van der Waals surface area (Å²) < 4.78 is 46.8. The quantitative estimate of drug-likeness (QED) is 0.170. The van der Waals surface area contributed by atoms with Crippen molar-refractivity contribution in [2.75, 3.05) is 29.6 Å². The highest BCUT2D eigenvalue weighted by atomic mass is 19.4. The van der Waals surface area contributed by atoms with Crippen LogP contribution in [-0.4, -0.2) is 39.0 Å². The monoisotopic (exact) mass is 576 g/mol. The third-order valence-electron chi connectivity index (χ3n) is 6.43. The molecule has 3 aromatic heterocycles. The lowest BCUT2D eigenvalue weighted by atomic mass is 10.1. The van der Waals surface area contributed by atoms with Crippen molar-refractivity contribution in [2.45, 2.75) is 18.6 Å². The predicted molar refractivity (Wildman–Crippen MR) is 153 cm³/mol. The number of carbonyl (C=O) groups is 1. The number of fused-ring (bicyclic) bond motifs is 1. The van der Waals surface area contributed by atoms with Crippen LogP contribution < -0.4 is 26.4 Å². The topological polar surface area (TPSA) is 131 Å². The molecular formula is C29H27F3N8O2. The number of nitrogens with one attached hydrogen (secondary N) is 3. The van der Waals surface area contributed by atoms with Crippen molar-refractivity contribution in [1.29, 1.82) is 0 Å². The van der Waals surface area contributed by atoms with Crippen molar-refractivity contribution in [2.24, 2.45) is 5.73 Å². The van der Waals surface area contributed by atoms with E-state index in [-0.39, 0.29) is 17.5 Å². The van der Waals surface area contributed by atoms with E-state index in [1.54, 1.807) is 43.0 Å². The standard InChI is InChI=1S/C29H27F3N8O2/c1-42-25-6-5-21(16-22(25)29(30,31)32)37-28(41)36-20-4-2-3-19(15-20)24-17-40-14-13-35-27(40)26(39-24)38-23(7-10-33)18-8-11-34-12-9-18/h2-6,8-9,11-17,23H,7,10,33H2,1H3,(H,38,39)(H2,36,37,41). The van der Waals surface area contributed by atoms with E-state index in [1.165, 1.54) is 6.07 Å². The highest BCUT2D eigenvalue weighted by Crippen LogP contribution is 2.37. The van der Waals surface area contributed by atoms with E-state index in [2.05, 4.69) is 25.9 Å². The third-order valence-corrected chi connectivity index (χ3v) is 6.43. The van der Waals surface area contributed by atoms with Crippen LogP contribution in [0.2, 0.25) is 0 Å². The molecule has 13 heteroatoms. The maximum absolute atomic E-state index is 13.4. The molecule has 1 unspecified atom stereocenters. The number of aromatic nitrogens is 4. The number of benzene rings is 2. The minimum Gasteiger partial charge on any atom is -0.496 e. The van der Waals surface area contributed by atoms with Gasteiger partial charge < -0.3 is 30.8 Å². The molecule has 2 aromatic carbocycles. The molecule has 0 bridgehead atoms. The molecule has 0 spiro atoms. The van der Waals surface area contributed by atoms with E-state index in [0.29, 0.717) is 41.4 Å². The lowest BCUT2D eigenvalue weighted by molar-refractivity contribution is -0.138. The molecule has 42 heavy (non-hydrogen) atoms. The van der Waals surface area contributed by atoms with Gasteiger partial charge in [0.15, 0.2) is 11.5 Å². The first-order valence-electron chi connectivity index (χ1n) is 12.9. The van der Waals surface area contributed by atoms with Gasteiger partial charge >= 0.3 is 12.2 Å². The first-order valence-corrected chi connectivity index (χ1v) is 12.9. The van der Waals surface area contributed by atoms with Gasteiger partial charge in [-0.15, -0.1) is 0 Å². The highest BCUT2D eigenvalue weighted by Gasteiger charge is 2.34. The average molecular weight is 577 g/mol. The van der Waals surface area contributed by atoms with Gasteiger partial charge in [0.1, 0.15) is 5.75 Å². The Kier molecular flexibility index (Phi) is 8.20. The summed E-state index contributed by atoms with van der Waals surface area (Å²) in [4.78, 5) is 26.0. The van der Waals surface area contributed by atoms with Crippen LogP contribution in [0.3, 0.4) is 0 Å². The molecule has 5 rings (SSSR count). The second-order valence-electron chi connectivity index (χ2n) is 9.26. The maximum Gasteiger partial charge on any atom is 0.420 e. The number of carbonyl (C=O) groups excluding carboxylic acids is 1. The molecule has 216 valence electrons. The molecular weight excluding hydrogens is 549 g/mol. The number of hydrogen-bond acceptors (Lipinski definition) is 7. The molecule has 10 nitrogen and oxygen atoms in total. The van der Waals surface area contributed by atoms with Crippen molar-refractivity contribution in [3.63, 3.8) is 0 Å². The average Bonchev–Trinajstić information content (AvgIpc) is 3.46. The normalized spacial score (nSPS) is 12.1. The minimum atomic E-state index is -4.65. The fraction of sp³-hybridized carbons (Fsp3) is 0.172. The Balaban J connectivity index is 1.38. The van der Waals surface area contributed by atoms with Gasteiger partial charge in [0, 0.05) is 47.9 Å². The van der Waals surface area contributed by atoms with E-state index >= 15 is 0 Å². The molecule has 5 N–H and O–H groups in total. The number of alkyl halides is 3. The van der Waals surface area contributed by atoms with Crippen LogP contribution in [0.1, 0.15) is 23.6 Å². The fourth-order valence-corrected chi connectivity index (χ4v) is 4.47. The van der Waals surface area contributed by atoms with Gasteiger partial charge in [0.25, 0.3) is 0 Å². The molecule has 0 saturated carbocycles. The zero-order valence-electron chi connectivity index (χ0n) is 22.4. The van der Waals surface area contributed by atoms with Gasteiger partial charge in [0.2, 0.25) is 0 Å². The predicted octanol–water partition coefficient (Wildman–Crippen LogP) is 5.96. The minimum absolute atomic E-state index is 0.0408. The molecule has 0 saturated heterocycles. The molecule has 0 aliphatic rings. The summed E-state index contributed by atoms with van der Waals surface area (Å²) in [5, 5.41) is 8.56. The fourth-order valence-electron chi connectivity index (χ4n) is 4.47. The number of hydrogen-bond donors (Lipinski definition) is 4. The van der Waals surface area contributed by atoms with E-state index in [9.17, 15) is 18.0 Å². The number of methoxy groups -OCH3 is 1. The highest BCUT2D eigenvalue weighted by molar-refractivity contribution is 6.00. The number of anilines is 3. The molecule has 0 aliphatic heterocycles. The number of halogens is 3. The Morgan fingerprint density at radius 2 is 1.81 bits per heavy atom. The second kappa shape index (κ2) is 12.1. The van der Waals surface area contributed by atoms with Gasteiger partial charge in [-0.1, -0.05) is 12.1 Å². The van der Waals surface area contributed by atoms with Crippen LogP contribution in [0.4, 0.5) is 35.2 Å². The number of amides is 2. The van der Waals surface area contributed by atoms with Crippen molar-refractivity contribution < 1.29 is 22.7 Å². The van der Waals surface area contributed by atoms with Crippen molar-refractivity contribution in [3.8, 4) is 17.0 Å². The summed E-state index contributed by atoms with van der Waals surface area (Å²) in [6, 6.07) is 13.2. The number of ether oxygens (including phenoxy) is 1. The second-order valence-corrected chi connectivity index (χ2v) is 9.26. The summed E-state index contributed by atoms with van der Waals surface area (Å²) in [6.45, 7) is 0.453. The first-order chi connectivity index (χ1) is 20.2. The van der Waals surface area contributed by atoms with Crippen molar-refractivity contribution in [3.05, 3.63) is 96.7 Å². The molecule has 5 aromatic rings. The Hall–Kier alpha value is -5.17. The zero-order chi connectivity index (χ0) is 29.7. The Morgan fingerprint density at radius 1 is 1.05 bits per heavy atom. The Morgan fingerprint density at radius 3 is 2.52 bits per heavy atom. The summed E-state index contributed by atoms with van der Waals surface area (Å²) in [6.07, 6.45) is 4.72. The van der Waals surface area contributed by atoms with Crippen LogP contribution in [0.15, 0.2) is 85.6 Å². The largest absolute Gasteiger partial charge is 0.496 e. The molecule has 0 fully saturated rings. The van der Waals surface area contributed by atoms with E-state index in [4.69, 9.17) is 15.5 Å². The lowest BCUT2D eigenvalue weighted by Gasteiger charge is -2.20. The zero-order valence-corrected chi connectivity index (χ0v) is 22.4. The van der Waals surface area contributed by atoms with Gasteiger partial charge in [-0.05, 0) is 61.0 Å². The SMILES string of the molecule is COc1ccc(NC(=O)Nc2cccc(-c3cn4ccnc4c(NC(CCN)c4ccncc4)n3)c2)cc1C(F)(F)F. The van der Waals surface area contributed by atoms with Gasteiger partial charge in [-0.3, -0.25) is 4.98 Å². The van der Waals surface area contributed by atoms with Crippen molar-refractivity contribution in [1.82, 2.24) is 19.4 Å². The van der Waals surface area contributed by atoms with Gasteiger partial charge in [-0.25, -0.2) is 14.8 Å². The van der Waals surface area contributed by atoms with Crippen LogP contribution in [0, 0.1) is 0 Å². The molecule has 0 aliphatic carbocycles. The number of pyridine rings is 1. The summed E-state index contributed by atoms with van der Waals surface area (Å²) >= 11 is 0. The van der Waals surface area contributed by atoms with Crippen molar-refractivity contribution >= 4 is 28.9 Å². The molecule has 3 heterocycles. The molecule has 2 amide bonds. The lowest BCUT2D eigenvalue weighted by Crippen LogP contribution is -2.20. The smallest absolute Gasteiger partial charge is 0.420 e. The first kappa shape index (κ1) is 28.4. The Labute approximate surface area is 238 Å². The van der Waals surface area contributed by atoms with E-state index in [0.717, 1.165) is 24.8 Å². The van der Waals surface area contributed by atoms with E-state index in [1.807, 2.05) is 28.8 Å². The number of imidazole rings is 1. The number of nitrogens with zero attached hydrogens (tertiary/aromatic N) is 4. The Bertz CT molecular complexity index is 1690. The van der Waals surface area contributed by atoms with E-state index < -0.39 is 17.8 Å². The van der Waals surface area contributed by atoms with Crippen LogP contribution in [0.25, 0.3) is 16.9 Å². The maximum atomic E-state index is 13.4. The summed E-state index contributed by atoms with van der Waals surface area (Å²) in [5.41, 5.74) is 8.18.